The highest BCUT2D eigenvalue weighted by Gasteiger charge is 2.21. The van der Waals surface area contributed by atoms with Crippen molar-refractivity contribution in [1.29, 1.82) is 0 Å². The molecule has 0 aromatic carbocycles. The number of rotatable bonds is 4. The van der Waals surface area contributed by atoms with E-state index in [4.69, 9.17) is 4.74 Å². The van der Waals surface area contributed by atoms with Crippen LogP contribution in [0.25, 0.3) is 0 Å². The Bertz CT molecular complexity index is 248. The Balaban J connectivity index is 2.19. The lowest BCUT2D eigenvalue weighted by molar-refractivity contribution is -0.130. The van der Waals surface area contributed by atoms with Gasteiger partial charge in [0.05, 0.1) is 5.60 Å². The predicted octanol–water partition coefficient (Wildman–Crippen LogP) is 1.16. The van der Waals surface area contributed by atoms with Gasteiger partial charge in [-0.25, -0.2) is 0 Å². The topological polar surface area (TPSA) is 50.4 Å². The number of hydrogen-bond donors (Lipinski definition) is 2. The third kappa shape index (κ3) is 6.03. The molecule has 0 aliphatic carbocycles. The van der Waals surface area contributed by atoms with E-state index in [0.29, 0.717) is 11.8 Å². The van der Waals surface area contributed by atoms with Gasteiger partial charge < -0.3 is 15.4 Å². The molecule has 2 N–H and O–H groups in total. The molecule has 2 unspecified atom stereocenters. The highest BCUT2D eigenvalue weighted by atomic mass is 16.5. The first-order chi connectivity index (χ1) is 7.88. The molecular formula is C13H26N2O2. The molecule has 0 aromatic heterocycles. The number of carbonyl (C=O) groups excluding carboxylic acids is 1. The van der Waals surface area contributed by atoms with Crippen LogP contribution in [0.15, 0.2) is 0 Å². The fraction of sp³-hybridized carbons (Fsp3) is 0.923. The van der Waals surface area contributed by atoms with Crippen LogP contribution in [-0.2, 0) is 9.53 Å². The van der Waals surface area contributed by atoms with E-state index >= 15 is 0 Å². The Morgan fingerprint density at radius 1 is 1.47 bits per heavy atom. The van der Waals surface area contributed by atoms with Gasteiger partial charge in [0.2, 0.25) is 5.91 Å². The first-order valence-corrected chi connectivity index (χ1v) is 6.50. The van der Waals surface area contributed by atoms with Crippen LogP contribution in [0.3, 0.4) is 0 Å². The van der Waals surface area contributed by atoms with E-state index in [2.05, 4.69) is 17.6 Å². The summed E-state index contributed by atoms with van der Waals surface area (Å²) in [6.45, 7) is 11.1. The van der Waals surface area contributed by atoms with Gasteiger partial charge in [-0.1, -0.05) is 6.92 Å². The second-order valence-corrected chi connectivity index (χ2v) is 5.94. The zero-order chi connectivity index (χ0) is 12.9. The predicted molar refractivity (Wildman–Crippen MR) is 68.9 cm³/mol. The quantitative estimate of drug-likeness (QED) is 0.778. The second-order valence-electron chi connectivity index (χ2n) is 5.94. The van der Waals surface area contributed by atoms with Gasteiger partial charge in [-0.15, -0.1) is 0 Å². The van der Waals surface area contributed by atoms with E-state index < -0.39 is 0 Å². The largest absolute Gasteiger partial charge is 0.366 e. The Morgan fingerprint density at radius 3 is 2.76 bits per heavy atom. The summed E-state index contributed by atoms with van der Waals surface area (Å²) >= 11 is 0. The molecule has 1 fully saturated rings. The molecule has 0 bridgehead atoms. The van der Waals surface area contributed by atoms with Gasteiger partial charge in [0.25, 0.3) is 0 Å². The molecule has 1 rings (SSSR count). The fourth-order valence-electron chi connectivity index (χ4n) is 1.95. The molecule has 2 atom stereocenters. The van der Waals surface area contributed by atoms with Crippen LogP contribution in [0.5, 0.6) is 0 Å². The first-order valence-electron chi connectivity index (χ1n) is 6.50. The second kappa shape index (κ2) is 6.36. The van der Waals surface area contributed by atoms with Crippen molar-refractivity contribution in [2.75, 3.05) is 26.2 Å². The van der Waals surface area contributed by atoms with Gasteiger partial charge in [-0.3, -0.25) is 4.79 Å². The summed E-state index contributed by atoms with van der Waals surface area (Å²) in [6.07, 6.45) is 1.14. The number of hydrogen-bond acceptors (Lipinski definition) is 3. The molecule has 0 radical (unpaired) electrons. The molecule has 100 valence electrons. The van der Waals surface area contributed by atoms with Crippen LogP contribution in [0, 0.1) is 11.8 Å². The van der Waals surface area contributed by atoms with Crippen molar-refractivity contribution in [3.8, 4) is 0 Å². The molecule has 0 spiro atoms. The SMILES string of the molecule is CC1CNCCC1CNC(=O)COC(C)(C)C. The molecule has 4 nitrogen and oxygen atoms in total. The van der Waals surface area contributed by atoms with Gasteiger partial charge in [0.15, 0.2) is 0 Å². The van der Waals surface area contributed by atoms with E-state index in [9.17, 15) is 4.79 Å². The van der Waals surface area contributed by atoms with Crippen LogP contribution < -0.4 is 10.6 Å². The van der Waals surface area contributed by atoms with Gasteiger partial charge in [-0.05, 0) is 52.1 Å². The molecule has 1 heterocycles. The van der Waals surface area contributed by atoms with Crippen molar-refractivity contribution in [3.63, 3.8) is 0 Å². The van der Waals surface area contributed by atoms with E-state index in [1.54, 1.807) is 0 Å². The number of piperidine rings is 1. The van der Waals surface area contributed by atoms with Crippen molar-refractivity contribution in [3.05, 3.63) is 0 Å². The summed E-state index contributed by atoms with van der Waals surface area (Å²) in [4.78, 5) is 11.6. The smallest absolute Gasteiger partial charge is 0.246 e. The fourth-order valence-corrected chi connectivity index (χ4v) is 1.95. The van der Waals surface area contributed by atoms with Crippen LogP contribution >= 0.6 is 0 Å². The van der Waals surface area contributed by atoms with Crippen LogP contribution in [-0.4, -0.2) is 37.7 Å². The summed E-state index contributed by atoms with van der Waals surface area (Å²) in [5.74, 6) is 1.22. The average molecular weight is 242 g/mol. The zero-order valence-corrected chi connectivity index (χ0v) is 11.5. The molecular weight excluding hydrogens is 216 g/mol. The Kier molecular flexibility index (Phi) is 5.40. The summed E-state index contributed by atoms with van der Waals surface area (Å²) in [6, 6.07) is 0. The lowest BCUT2D eigenvalue weighted by Crippen LogP contribution is -2.42. The Labute approximate surface area is 104 Å². The van der Waals surface area contributed by atoms with E-state index in [0.717, 1.165) is 26.1 Å². The summed E-state index contributed by atoms with van der Waals surface area (Å²) in [7, 11) is 0. The number of amides is 1. The van der Waals surface area contributed by atoms with Crippen molar-refractivity contribution < 1.29 is 9.53 Å². The minimum atomic E-state index is -0.251. The highest BCUT2D eigenvalue weighted by molar-refractivity contribution is 5.77. The molecule has 1 aliphatic rings. The molecule has 1 aliphatic heterocycles. The summed E-state index contributed by atoms with van der Waals surface area (Å²) < 4.78 is 5.43. The number of nitrogens with one attached hydrogen (secondary N) is 2. The number of carbonyl (C=O) groups is 1. The van der Waals surface area contributed by atoms with Gasteiger partial charge in [-0.2, -0.15) is 0 Å². The zero-order valence-electron chi connectivity index (χ0n) is 11.5. The third-order valence-electron chi connectivity index (χ3n) is 3.16. The van der Waals surface area contributed by atoms with Crippen LogP contribution in [0.2, 0.25) is 0 Å². The molecule has 1 amide bonds. The van der Waals surface area contributed by atoms with Gasteiger partial charge >= 0.3 is 0 Å². The molecule has 0 aromatic rings. The average Bonchev–Trinajstić information content (AvgIpc) is 2.24. The minimum Gasteiger partial charge on any atom is -0.366 e. The third-order valence-corrected chi connectivity index (χ3v) is 3.16. The standard InChI is InChI=1S/C13H26N2O2/c1-10-7-14-6-5-11(10)8-15-12(16)9-17-13(2,3)4/h10-11,14H,5-9H2,1-4H3,(H,15,16). The molecule has 1 saturated heterocycles. The summed E-state index contributed by atoms with van der Waals surface area (Å²) in [5.41, 5.74) is -0.251. The normalized spacial score (nSPS) is 25.6. The first kappa shape index (κ1) is 14.5. The number of ether oxygens (including phenoxy) is 1. The Hall–Kier alpha value is -0.610. The lowest BCUT2D eigenvalue weighted by Gasteiger charge is -2.29. The maximum Gasteiger partial charge on any atom is 0.246 e. The van der Waals surface area contributed by atoms with Crippen LogP contribution in [0.4, 0.5) is 0 Å². The molecule has 0 saturated carbocycles. The minimum absolute atomic E-state index is 0.00865. The monoisotopic (exact) mass is 242 g/mol. The van der Waals surface area contributed by atoms with Gasteiger partial charge in [0.1, 0.15) is 6.61 Å². The highest BCUT2D eigenvalue weighted by Crippen LogP contribution is 2.17. The van der Waals surface area contributed by atoms with Crippen molar-refractivity contribution >= 4 is 5.91 Å². The van der Waals surface area contributed by atoms with Crippen LogP contribution in [0.1, 0.15) is 34.1 Å². The Morgan fingerprint density at radius 2 is 2.18 bits per heavy atom. The van der Waals surface area contributed by atoms with E-state index in [-0.39, 0.29) is 18.1 Å². The van der Waals surface area contributed by atoms with Crippen molar-refractivity contribution in [2.45, 2.75) is 39.7 Å². The molecule has 4 heteroatoms. The van der Waals surface area contributed by atoms with Crippen molar-refractivity contribution in [2.24, 2.45) is 11.8 Å². The lowest BCUT2D eigenvalue weighted by atomic mass is 9.88. The van der Waals surface area contributed by atoms with E-state index in [1.165, 1.54) is 0 Å². The maximum absolute atomic E-state index is 11.6. The molecule has 17 heavy (non-hydrogen) atoms. The van der Waals surface area contributed by atoms with E-state index in [1.807, 2.05) is 20.8 Å². The maximum atomic E-state index is 11.6. The van der Waals surface area contributed by atoms with Crippen molar-refractivity contribution in [1.82, 2.24) is 10.6 Å². The van der Waals surface area contributed by atoms with Gasteiger partial charge in [0, 0.05) is 6.54 Å². The summed E-state index contributed by atoms with van der Waals surface area (Å²) in [5, 5.41) is 6.32.